The molecule has 6 heteroatoms. The summed E-state index contributed by atoms with van der Waals surface area (Å²) < 4.78 is 0. The lowest BCUT2D eigenvalue weighted by molar-refractivity contribution is -0.141. The zero-order valence-corrected chi connectivity index (χ0v) is 6.84. The SMILES string of the molecule is CB(O)N1C[C@H](O)C[C@H]1C(=O)O. The van der Waals surface area contributed by atoms with Crippen LogP contribution in [-0.4, -0.2) is 51.8 Å². The summed E-state index contributed by atoms with van der Waals surface area (Å²) in [6.07, 6.45) is -0.444. The van der Waals surface area contributed by atoms with Crippen molar-refractivity contribution in [2.45, 2.75) is 25.4 Å². The van der Waals surface area contributed by atoms with E-state index in [4.69, 9.17) is 15.2 Å². The molecule has 5 nitrogen and oxygen atoms in total. The van der Waals surface area contributed by atoms with E-state index in [1.165, 1.54) is 11.6 Å². The van der Waals surface area contributed by atoms with Crippen molar-refractivity contribution in [3.8, 4) is 0 Å². The molecule has 0 saturated carbocycles. The van der Waals surface area contributed by atoms with E-state index in [-0.39, 0.29) is 13.0 Å². The van der Waals surface area contributed by atoms with Gasteiger partial charge in [-0.15, -0.1) is 0 Å². The van der Waals surface area contributed by atoms with E-state index >= 15 is 0 Å². The summed E-state index contributed by atoms with van der Waals surface area (Å²) in [5.41, 5.74) is 0. The van der Waals surface area contributed by atoms with Gasteiger partial charge >= 0.3 is 13.0 Å². The van der Waals surface area contributed by atoms with Crippen molar-refractivity contribution in [3.63, 3.8) is 0 Å². The van der Waals surface area contributed by atoms with Crippen molar-refractivity contribution in [2.24, 2.45) is 0 Å². The standard InChI is InChI=1S/C6H12BNO4/c1-7(12)8-3-4(9)2-5(8)6(10)11/h4-5,9,12H,2-3H2,1H3,(H,10,11)/t4-,5+/m1/s1. The molecular formula is C6H12BNO4. The Bertz CT molecular complexity index is 186. The fourth-order valence-corrected chi connectivity index (χ4v) is 1.49. The zero-order chi connectivity index (χ0) is 9.30. The third kappa shape index (κ3) is 1.77. The second kappa shape index (κ2) is 3.43. The first-order valence-electron chi connectivity index (χ1n) is 3.87. The molecule has 12 heavy (non-hydrogen) atoms. The van der Waals surface area contributed by atoms with Gasteiger partial charge in [-0.2, -0.15) is 0 Å². The second-order valence-electron chi connectivity index (χ2n) is 3.07. The van der Waals surface area contributed by atoms with Gasteiger partial charge in [-0.1, -0.05) is 0 Å². The molecule has 3 N–H and O–H groups in total. The number of hydrogen-bond acceptors (Lipinski definition) is 4. The molecule has 68 valence electrons. The van der Waals surface area contributed by atoms with Gasteiger partial charge in [0.25, 0.3) is 0 Å². The first-order chi connectivity index (χ1) is 5.52. The molecule has 0 spiro atoms. The van der Waals surface area contributed by atoms with Crippen LogP contribution in [0.5, 0.6) is 0 Å². The molecule has 0 aromatic rings. The van der Waals surface area contributed by atoms with Gasteiger partial charge in [-0.05, 0) is 13.2 Å². The van der Waals surface area contributed by atoms with E-state index in [1.54, 1.807) is 0 Å². The van der Waals surface area contributed by atoms with Gasteiger partial charge in [-0.3, -0.25) is 4.79 Å². The minimum absolute atomic E-state index is 0.195. The Labute approximate surface area is 70.7 Å². The third-order valence-electron chi connectivity index (χ3n) is 2.08. The monoisotopic (exact) mass is 173 g/mol. The summed E-state index contributed by atoms with van der Waals surface area (Å²) in [5, 5.41) is 27.0. The highest BCUT2D eigenvalue weighted by Gasteiger charge is 2.39. The third-order valence-corrected chi connectivity index (χ3v) is 2.08. The Kier molecular flexibility index (Phi) is 2.71. The molecule has 0 unspecified atom stereocenters. The van der Waals surface area contributed by atoms with Crippen molar-refractivity contribution in [2.75, 3.05) is 6.54 Å². The predicted octanol–water partition coefficient (Wildman–Crippen LogP) is -1.38. The van der Waals surface area contributed by atoms with E-state index in [0.29, 0.717) is 0 Å². The molecule has 1 aliphatic rings. The van der Waals surface area contributed by atoms with Crippen LogP contribution in [-0.2, 0) is 4.79 Å². The maximum absolute atomic E-state index is 10.6. The first kappa shape index (κ1) is 9.50. The maximum Gasteiger partial charge on any atom is 0.377 e. The summed E-state index contributed by atoms with van der Waals surface area (Å²) >= 11 is 0. The number of β-amino-alcohol motifs (C(OH)–C–C–N with tert-alkyl or cyclic N) is 1. The molecule has 0 bridgehead atoms. The summed E-state index contributed by atoms with van der Waals surface area (Å²) in [4.78, 5) is 12.0. The van der Waals surface area contributed by atoms with Gasteiger partial charge in [-0.25, -0.2) is 0 Å². The number of aliphatic hydroxyl groups excluding tert-OH is 1. The van der Waals surface area contributed by atoms with Gasteiger partial charge in [0.2, 0.25) is 0 Å². The summed E-state index contributed by atoms with van der Waals surface area (Å²) in [6.45, 7) is 1.72. The minimum Gasteiger partial charge on any atom is -0.480 e. The maximum atomic E-state index is 10.6. The Morgan fingerprint density at radius 2 is 2.25 bits per heavy atom. The van der Waals surface area contributed by atoms with Gasteiger partial charge < -0.3 is 20.0 Å². The second-order valence-corrected chi connectivity index (χ2v) is 3.07. The number of carboxylic acid groups (broad SMARTS) is 1. The Balaban J connectivity index is 2.65. The van der Waals surface area contributed by atoms with Crippen LogP contribution in [0.15, 0.2) is 0 Å². The summed E-state index contributed by atoms with van der Waals surface area (Å²) in [7, 11) is -0.816. The van der Waals surface area contributed by atoms with Crippen LogP contribution in [0.2, 0.25) is 6.82 Å². The van der Waals surface area contributed by atoms with Crippen molar-refractivity contribution in [1.29, 1.82) is 0 Å². The zero-order valence-electron chi connectivity index (χ0n) is 6.84. The van der Waals surface area contributed by atoms with Crippen LogP contribution in [0.4, 0.5) is 0 Å². The number of nitrogens with zero attached hydrogens (tertiary/aromatic N) is 1. The van der Waals surface area contributed by atoms with Gasteiger partial charge in [0.05, 0.1) is 6.10 Å². The van der Waals surface area contributed by atoms with Crippen molar-refractivity contribution < 1.29 is 20.0 Å². The highest BCUT2D eigenvalue weighted by Crippen LogP contribution is 2.18. The molecule has 0 aliphatic carbocycles. The van der Waals surface area contributed by atoms with E-state index < -0.39 is 25.2 Å². The Morgan fingerprint density at radius 1 is 1.67 bits per heavy atom. The molecular weight excluding hydrogens is 161 g/mol. The highest BCUT2D eigenvalue weighted by molar-refractivity contribution is 6.45. The highest BCUT2D eigenvalue weighted by atomic mass is 16.4. The van der Waals surface area contributed by atoms with E-state index in [2.05, 4.69) is 0 Å². The smallest absolute Gasteiger partial charge is 0.377 e. The predicted molar refractivity (Wildman–Crippen MR) is 42.6 cm³/mol. The summed E-state index contributed by atoms with van der Waals surface area (Å²) in [6, 6.07) is -0.750. The lowest BCUT2D eigenvalue weighted by atomic mass is 9.84. The van der Waals surface area contributed by atoms with Crippen LogP contribution >= 0.6 is 0 Å². The molecule has 1 saturated heterocycles. The number of carboxylic acids is 1. The van der Waals surface area contributed by atoms with Crippen LogP contribution in [0.25, 0.3) is 0 Å². The Hall–Kier alpha value is -0.585. The van der Waals surface area contributed by atoms with Gasteiger partial charge in [0.15, 0.2) is 0 Å². The molecule has 0 radical (unpaired) electrons. The molecule has 2 atom stereocenters. The quantitative estimate of drug-likeness (QED) is 0.448. The van der Waals surface area contributed by atoms with Crippen LogP contribution in [0.1, 0.15) is 6.42 Å². The van der Waals surface area contributed by atoms with Crippen LogP contribution in [0, 0.1) is 0 Å². The number of rotatable bonds is 2. The number of hydrogen-bond donors (Lipinski definition) is 3. The normalized spacial score (nSPS) is 30.6. The van der Waals surface area contributed by atoms with E-state index in [1.807, 2.05) is 0 Å². The molecule has 0 aromatic heterocycles. The van der Waals surface area contributed by atoms with E-state index in [9.17, 15) is 4.79 Å². The number of aliphatic carboxylic acids is 1. The van der Waals surface area contributed by atoms with Gasteiger partial charge in [0.1, 0.15) is 6.04 Å². The minimum atomic E-state index is -0.993. The number of carbonyl (C=O) groups is 1. The summed E-state index contributed by atoms with van der Waals surface area (Å²) in [5.74, 6) is -0.993. The molecule has 1 fully saturated rings. The topological polar surface area (TPSA) is 81.0 Å². The largest absolute Gasteiger partial charge is 0.480 e. The van der Waals surface area contributed by atoms with Crippen molar-refractivity contribution in [1.82, 2.24) is 4.81 Å². The lowest BCUT2D eigenvalue weighted by Gasteiger charge is -2.20. The molecule has 0 amide bonds. The molecule has 1 rings (SSSR count). The number of aliphatic hydroxyl groups is 1. The average Bonchev–Trinajstić information content (AvgIpc) is 2.31. The van der Waals surface area contributed by atoms with Crippen LogP contribution < -0.4 is 0 Å². The fourth-order valence-electron chi connectivity index (χ4n) is 1.49. The molecule has 1 aliphatic heterocycles. The van der Waals surface area contributed by atoms with E-state index in [0.717, 1.165) is 0 Å². The van der Waals surface area contributed by atoms with Crippen LogP contribution in [0.3, 0.4) is 0 Å². The first-order valence-corrected chi connectivity index (χ1v) is 3.87. The lowest BCUT2D eigenvalue weighted by Crippen LogP contribution is -2.44. The van der Waals surface area contributed by atoms with Gasteiger partial charge in [0, 0.05) is 6.54 Å². The molecule has 1 heterocycles. The average molecular weight is 173 g/mol. The Morgan fingerprint density at radius 3 is 2.58 bits per heavy atom. The molecule has 0 aromatic carbocycles. The fraction of sp³-hybridized carbons (Fsp3) is 0.833. The van der Waals surface area contributed by atoms with Crippen molar-refractivity contribution >= 4 is 13.0 Å². The van der Waals surface area contributed by atoms with Crippen molar-refractivity contribution in [3.05, 3.63) is 0 Å².